The Bertz CT molecular complexity index is 752. The van der Waals surface area contributed by atoms with Crippen LogP contribution in [-0.4, -0.2) is 18.5 Å². The third-order valence-electron chi connectivity index (χ3n) is 4.93. The number of esters is 1. The van der Waals surface area contributed by atoms with Crippen LogP contribution in [0.2, 0.25) is 0 Å². The fourth-order valence-electron chi connectivity index (χ4n) is 3.52. The number of benzene rings is 1. The number of amides is 1. The van der Waals surface area contributed by atoms with E-state index in [1.165, 1.54) is 12.1 Å². The van der Waals surface area contributed by atoms with Gasteiger partial charge in [0.1, 0.15) is 5.82 Å². The van der Waals surface area contributed by atoms with E-state index < -0.39 is 11.4 Å². The van der Waals surface area contributed by atoms with Gasteiger partial charge in [-0.1, -0.05) is 31.0 Å². The monoisotopic (exact) mass is 375 g/mol. The van der Waals surface area contributed by atoms with Crippen LogP contribution in [0.5, 0.6) is 0 Å². The molecule has 2 aromatic rings. The van der Waals surface area contributed by atoms with Gasteiger partial charge < -0.3 is 10.1 Å². The second-order valence-corrected chi connectivity index (χ2v) is 7.66. The number of halogens is 1. The Morgan fingerprint density at radius 1 is 1.23 bits per heavy atom. The molecule has 1 amide bonds. The van der Waals surface area contributed by atoms with E-state index in [0.717, 1.165) is 23.3 Å². The molecule has 1 aromatic heterocycles. The van der Waals surface area contributed by atoms with Gasteiger partial charge in [0.25, 0.3) is 5.91 Å². The zero-order valence-electron chi connectivity index (χ0n) is 14.7. The van der Waals surface area contributed by atoms with Crippen molar-refractivity contribution in [3.63, 3.8) is 0 Å². The standard InChI is InChI=1S/C20H22FNO3S/c1-14(17-5-4-12-26-17)22-18(23)13-25-19(24)20(10-2-3-11-20)15-6-8-16(21)9-7-15/h4-9,12,14H,2-3,10-11,13H2,1H3,(H,22,23)/t14-/m0/s1. The van der Waals surface area contributed by atoms with Crippen molar-refractivity contribution in [2.45, 2.75) is 44.1 Å². The van der Waals surface area contributed by atoms with Crippen molar-refractivity contribution < 1.29 is 18.7 Å². The molecule has 0 radical (unpaired) electrons. The maximum atomic E-state index is 13.2. The molecule has 0 bridgehead atoms. The lowest BCUT2D eigenvalue weighted by Crippen LogP contribution is -2.38. The van der Waals surface area contributed by atoms with Crippen LogP contribution in [0.1, 0.15) is 49.1 Å². The quantitative estimate of drug-likeness (QED) is 0.773. The molecule has 3 rings (SSSR count). The second-order valence-electron chi connectivity index (χ2n) is 6.68. The van der Waals surface area contributed by atoms with Gasteiger partial charge in [-0.05, 0) is 48.9 Å². The average molecular weight is 375 g/mol. The number of hydrogen-bond donors (Lipinski definition) is 1. The minimum absolute atomic E-state index is 0.126. The Balaban J connectivity index is 1.62. The van der Waals surface area contributed by atoms with Crippen molar-refractivity contribution in [3.05, 3.63) is 58.0 Å². The first-order chi connectivity index (χ1) is 12.5. The summed E-state index contributed by atoms with van der Waals surface area (Å²) in [5.74, 6) is -1.07. The van der Waals surface area contributed by atoms with Crippen LogP contribution < -0.4 is 5.32 Å². The van der Waals surface area contributed by atoms with Gasteiger partial charge in [-0.3, -0.25) is 9.59 Å². The summed E-state index contributed by atoms with van der Waals surface area (Å²) in [6, 6.07) is 9.75. The highest BCUT2D eigenvalue weighted by molar-refractivity contribution is 7.10. The van der Waals surface area contributed by atoms with Gasteiger partial charge in [0.05, 0.1) is 11.5 Å². The van der Waals surface area contributed by atoms with Gasteiger partial charge in [0, 0.05) is 4.88 Å². The Hall–Kier alpha value is -2.21. The Morgan fingerprint density at radius 3 is 2.54 bits per heavy atom. The van der Waals surface area contributed by atoms with Gasteiger partial charge in [-0.15, -0.1) is 11.3 Å². The van der Waals surface area contributed by atoms with E-state index in [1.54, 1.807) is 23.5 Å². The van der Waals surface area contributed by atoms with Crippen molar-refractivity contribution in [2.24, 2.45) is 0 Å². The zero-order chi connectivity index (χ0) is 18.6. The highest BCUT2D eigenvalue weighted by Gasteiger charge is 2.44. The van der Waals surface area contributed by atoms with Crippen molar-refractivity contribution in [1.82, 2.24) is 5.32 Å². The van der Waals surface area contributed by atoms with E-state index in [4.69, 9.17) is 4.74 Å². The van der Waals surface area contributed by atoms with Gasteiger partial charge in [-0.25, -0.2) is 4.39 Å². The van der Waals surface area contributed by atoms with Crippen LogP contribution in [0.4, 0.5) is 4.39 Å². The molecular weight excluding hydrogens is 353 g/mol. The first-order valence-electron chi connectivity index (χ1n) is 8.77. The summed E-state index contributed by atoms with van der Waals surface area (Å²) in [5, 5.41) is 4.78. The van der Waals surface area contributed by atoms with Crippen molar-refractivity contribution in [3.8, 4) is 0 Å². The van der Waals surface area contributed by atoms with Crippen LogP contribution in [0.3, 0.4) is 0 Å². The number of ether oxygens (including phenoxy) is 1. The predicted molar refractivity (Wildman–Crippen MR) is 98.4 cm³/mol. The maximum Gasteiger partial charge on any atom is 0.317 e. The zero-order valence-corrected chi connectivity index (χ0v) is 15.5. The van der Waals surface area contributed by atoms with Gasteiger partial charge in [0.15, 0.2) is 6.61 Å². The summed E-state index contributed by atoms with van der Waals surface area (Å²) in [6.45, 7) is 1.58. The molecule has 1 atom stereocenters. The third-order valence-corrected chi connectivity index (χ3v) is 5.98. The lowest BCUT2D eigenvalue weighted by Gasteiger charge is -2.27. The van der Waals surface area contributed by atoms with Crippen LogP contribution in [0.15, 0.2) is 41.8 Å². The molecule has 4 nitrogen and oxygen atoms in total. The number of rotatable bonds is 6. The largest absolute Gasteiger partial charge is 0.455 e. The van der Waals surface area contributed by atoms with E-state index >= 15 is 0 Å². The third kappa shape index (κ3) is 3.96. The molecule has 1 heterocycles. The van der Waals surface area contributed by atoms with Gasteiger partial charge in [-0.2, -0.15) is 0 Å². The molecule has 0 unspecified atom stereocenters. The molecule has 0 spiro atoms. The minimum atomic E-state index is -0.770. The highest BCUT2D eigenvalue weighted by Crippen LogP contribution is 2.42. The van der Waals surface area contributed by atoms with Crippen LogP contribution in [0.25, 0.3) is 0 Å². The second kappa shape index (κ2) is 7.99. The molecule has 26 heavy (non-hydrogen) atoms. The average Bonchev–Trinajstić information content (AvgIpc) is 3.32. The fraction of sp³-hybridized carbons (Fsp3) is 0.400. The molecule has 138 valence electrons. The van der Waals surface area contributed by atoms with Crippen LogP contribution in [-0.2, 0) is 19.7 Å². The first-order valence-corrected chi connectivity index (χ1v) is 9.65. The van der Waals surface area contributed by atoms with Gasteiger partial charge >= 0.3 is 5.97 Å². The molecule has 1 aliphatic rings. The number of carbonyl (C=O) groups excluding carboxylic acids is 2. The van der Waals surface area contributed by atoms with Gasteiger partial charge in [0.2, 0.25) is 0 Å². The van der Waals surface area contributed by atoms with Crippen molar-refractivity contribution in [2.75, 3.05) is 6.61 Å². The summed E-state index contributed by atoms with van der Waals surface area (Å²) < 4.78 is 18.6. The SMILES string of the molecule is C[C@H](NC(=O)COC(=O)C1(c2ccc(F)cc2)CCCC1)c1cccs1. The summed E-state index contributed by atoms with van der Waals surface area (Å²) in [7, 11) is 0. The molecule has 1 aromatic carbocycles. The number of nitrogens with one attached hydrogen (secondary N) is 1. The highest BCUT2D eigenvalue weighted by atomic mass is 32.1. The van der Waals surface area contributed by atoms with Crippen LogP contribution >= 0.6 is 11.3 Å². The van der Waals surface area contributed by atoms with E-state index in [2.05, 4.69) is 5.32 Å². The molecule has 1 saturated carbocycles. The predicted octanol–water partition coefficient (Wildman–Crippen LogP) is 4.12. The number of carbonyl (C=O) groups is 2. The fourth-order valence-corrected chi connectivity index (χ4v) is 4.25. The molecule has 1 fully saturated rings. The summed E-state index contributed by atoms with van der Waals surface area (Å²) >= 11 is 1.56. The molecule has 0 saturated heterocycles. The first kappa shape index (κ1) is 18.6. The molecule has 1 N–H and O–H groups in total. The van der Waals surface area contributed by atoms with Crippen molar-refractivity contribution >= 4 is 23.2 Å². The topological polar surface area (TPSA) is 55.4 Å². The summed E-state index contributed by atoms with van der Waals surface area (Å²) in [4.78, 5) is 25.9. The van der Waals surface area contributed by atoms with Crippen molar-refractivity contribution in [1.29, 1.82) is 0 Å². The summed E-state index contributed by atoms with van der Waals surface area (Å²) in [6.07, 6.45) is 3.14. The smallest absolute Gasteiger partial charge is 0.317 e. The molecule has 0 aliphatic heterocycles. The Morgan fingerprint density at radius 2 is 1.92 bits per heavy atom. The number of thiophene rings is 1. The normalized spacial score (nSPS) is 16.8. The minimum Gasteiger partial charge on any atom is -0.455 e. The van der Waals surface area contributed by atoms with E-state index in [1.807, 2.05) is 24.4 Å². The van der Waals surface area contributed by atoms with E-state index in [9.17, 15) is 14.0 Å². The Kier molecular flexibility index (Phi) is 5.71. The van der Waals surface area contributed by atoms with E-state index in [-0.39, 0.29) is 24.4 Å². The lowest BCUT2D eigenvalue weighted by atomic mass is 9.79. The summed E-state index contributed by atoms with van der Waals surface area (Å²) in [5.41, 5.74) is -0.0124. The Labute approximate surface area is 156 Å². The maximum absolute atomic E-state index is 13.2. The number of hydrogen-bond acceptors (Lipinski definition) is 4. The molecular formula is C20H22FNO3S. The lowest BCUT2D eigenvalue weighted by molar-refractivity contribution is -0.154. The van der Waals surface area contributed by atoms with E-state index in [0.29, 0.717) is 12.8 Å². The molecule has 1 aliphatic carbocycles. The molecule has 6 heteroatoms. The van der Waals surface area contributed by atoms with Crippen LogP contribution in [0, 0.1) is 5.82 Å².